The third-order valence-electron chi connectivity index (χ3n) is 2.85. The molecule has 0 unspecified atom stereocenters. The minimum absolute atomic E-state index is 0. The summed E-state index contributed by atoms with van der Waals surface area (Å²) in [6.45, 7) is 4.95. The molecule has 0 saturated carbocycles. The number of benzene rings is 1. The number of nitrogens with zero attached hydrogens (tertiary/aromatic N) is 1. The Morgan fingerprint density at radius 2 is 2.06 bits per heavy atom. The van der Waals surface area contributed by atoms with Gasteiger partial charge >= 0.3 is 0 Å². The quantitative estimate of drug-likeness (QED) is 0.865. The average molecular weight is 240 g/mol. The summed E-state index contributed by atoms with van der Waals surface area (Å²) in [7, 11) is 0. The number of aromatic nitrogens is 2. The molecule has 0 radical (unpaired) electrons. The zero-order valence-corrected chi connectivity index (χ0v) is 10.5. The summed E-state index contributed by atoms with van der Waals surface area (Å²) in [4.78, 5) is 7.93. The van der Waals surface area contributed by atoms with Crippen LogP contribution in [0.25, 0.3) is 11.0 Å². The molecule has 0 amide bonds. The van der Waals surface area contributed by atoms with E-state index >= 15 is 0 Å². The Hall–Kier alpha value is -1.06. The van der Waals surface area contributed by atoms with Crippen LogP contribution in [0.15, 0.2) is 12.1 Å². The van der Waals surface area contributed by atoms with Crippen molar-refractivity contribution in [2.45, 2.75) is 26.7 Å². The van der Waals surface area contributed by atoms with Crippen molar-refractivity contribution in [2.24, 2.45) is 5.73 Å². The first-order chi connectivity index (χ1) is 7.22. The van der Waals surface area contributed by atoms with E-state index < -0.39 is 0 Å². The number of aromatic amines is 1. The lowest BCUT2D eigenvalue weighted by atomic mass is 10.1. The van der Waals surface area contributed by atoms with Gasteiger partial charge in [0.05, 0.1) is 11.0 Å². The lowest BCUT2D eigenvalue weighted by Crippen LogP contribution is -2.01. The molecule has 1 aromatic carbocycles. The molecule has 2 aromatic rings. The van der Waals surface area contributed by atoms with Crippen LogP contribution in [0.2, 0.25) is 0 Å². The molecule has 2 rings (SSSR count). The first kappa shape index (κ1) is 13.0. The van der Waals surface area contributed by atoms with Gasteiger partial charge in [0.1, 0.15) is 5.82 Å². The molecule has 4 heteroatoms. The van der Waals surface area contributed by atoms with E-state index in [9.17, 15) is 0 Å². The van der Waals surface area contributed by atoms with Gasteiger partial charge in [-0.25, -0.2) is 4.98 Å². The standard InChI is InChI=1S/C12H17N3.ClH/c1-8-5-6-10-12(9(8)2)15-11(14-10)4-3-7-13;/h5-6H,3-4,7,13H2,1-2H3,(H,14,15);1H. The van der Waals surface area contributed by atoms with Crippen molar-refractivity contribution < 1.29 is 0 Å². The van der Waals surface area contributed by atoms with E-state index in [4.69, 9.17) is 5.73 Å². The second-order valence-corrected chi connectivity index (χ2v) is 3.98. The molecule has 3 nitrogen and oxygen atoms in total. The fourth-order valence-corrected chi connectivity index (χ4v) is 1.75. The van der Waals surface area contributed by atoms with Gasteiger partial charge < -0.3 is 10.7 Å². The van der Waals surface area contributed by atoms with E-state index in [-0.39, 0.29) is 12.4 Å². The van der Waals surface area contributed by atoms with Crippen molar-refractivity contribution in [3.8, 4) is 0 Å². The monoisotopic (exact) mass is 239 g/mol. The molecule has 0 fully saturated rings. The number of halogens is 1. The predicted molar refractivity (Wildman–Crippen MR) is 70.2 cm³/mol. The maximum Gasteiger partial charge on any atom is 0.107 e. The zero-order chi connectivity index (χ0) is 10.8. The van der Waals surface area contributed by atoms with Gasteiger partial charge in [-0.1, -0.05) is 6.07 Å². The van der Waals surface area contributed by atoms with Gasteiger partial charge in [0, 0.05) is 6.42 Å². The molecule has 0 aliphatic heterocycles. The van der Waals surface area contributed by atoms with E-state index in [1.165, 1.54) is 11.1 Å². The minimum atomic E-state index is 0. The maximum atomic E-state index is 5.48. The molecule has 16 heavy (non-hydrogen) atoms. The summed E-state index contributed by atoms with van der Waals surface area (Å²) in [5.41, 5.74) is 10.3. The first-order valence-electron chi connectivity index (χ1n) is 5.37. The number of fused-ring (bicyclic) bond motifs is 1. The molecule has 0 spiro atoms. The molecule has 0 saturated heterocycles. The minimum Gasteiger partial charge on any atom is -0.342 e. The molecule has 0 aliphatic carbocycles. The van der Waals surface area contributed by atoms with Crippen LogP contribution in [0.1, 0.15) is 23.4 Å². The highest BCUT2D eigenvalue weighted by atomic mass is 35.5. The predicted octanol–water partition coefficient (Wildman–Crippen LogP) is 2.49. The number of rotatable bonds is 3. The number of hydrogen-bond donors (Lipinski definition) is 2. The van der Waals surface area contributed by atoms with Crippen LogP contribution in [-0.4, -0.2) is 16.5 Å². The molecule has 0 atom stereocenters. The second-order valence-electron chi connectivity index (χ2n) is 3.98. The Morgan fingerprint density at radius 1 is 1.31 bits per heavy atom. The number of aryl methyl sites for hydroxylation is 3. The van der Waals surface area contributed by atoms with Gasteiger partial charge in [0.25, 0.3) is 0 Å². The van der Waals surface area contributed by atoms with Gasteiger partial charge in [-0.05, 0) is 44.0 Å². The summed E-state index contributed by atoms with van der Waals surface area (Å²) in [6.07, 6.45) is 1.92. The van der Waals surface area contributed by atoms with Crippen LogP contribution in [0.4, 0.5) is 0 Å². The third kappa shape index (κ3) is 2.36. The smallest absolute Gasteiger partial charge is 0.107 e. The van der Waals surface area contributed by atoms with Crippen LogP contribution < -0.4 is 5.73 Å². The highest BCUT2D eigenvalue weighted by Crippen LogP contribution is 2.19. The second kappa shape index (κ2) is 5.32. The molecular formula is C12H18ClN3. The number of hydrogen-bond acceptors (Lipinski definition) is 2. The lowest BCUT2D eigenvalue weighted by Gasteiger charge is -1.98. The van der Waals surface area contributed by atoms with Crippen molar-refractivity contribution in [1.29, 1.82) is 0 Å². The van der Waals surface area contributed by atoms with Crippen molar-refractivity contribution >= 4 is 23.4 Å². The number of imidazole rings is 1. The average Bonchev–Trinajstić information content (AvgIpc) is 2.64. The van der Waals surface area contributed by atoms with Gasteiger partial charge in [0.2, 0.25) is 0 Å². The lowest BCUT2D eigenvalue weighted by molar-refractivity contribution is 0.796. The van der Waals surface area contributed by atoms with Gasteiger partial charge in [0.15, 0.2) is 0 Å². The number of nitrogens with two attached hydrogens (primary N) is 1. The summed E-state index contributed by atoms with van der Waals surface area (Å²) >= 11 is 0. The third-order valence-corrected chi connectivity index (χ3v) is 2.85. The van der Waals surface area contributed by atoms with E-state index in [1.54, 1.807) is 0 Å². The van der Waals surface area contributed by atoms with Crippen LogP contribution in [0.5, 0.6) is 0 Å². The van der Waals surface area contributed by atoms with E-state index in [2.05, 4.69) is 35.9 Å². The molecular weight excluding hydrogens is 222 g/mol. The van der Waals surface area contributed by atoms with Crippen molar-refractivity contribution in [2.75, 3.05) is 6.54 Å². The van der Waals surface area contributed by atoms with E-state index in [1.807, 2.05) is 0 Å². The van der Waals surface area contributed by atoms with Crippen LogP contribution in [-0.2, 0) is 6.42 Å². The fraction of sp³-hybridized carbons (Fsp3) is 0.417. The molecule has 0 aliphatic rings. The highest BCUT2D eigenvalue weighted by Gasteiger charge is 2.06. The number of H-pyrrole nitrogens is 1. The molecule has 88 valence electrons. The van der Waals surface area contributed by atoms with Crippen LogP contribution >= 0.6 is 12.4 Å². The Morgan fingerprint density at radius 3 is 2.75 bits per heavy atom. The molecule has 0 bridgehead atoms. The normalized spacial score (nSPS) is 10.4. The Kier molecular flexibility index (Phi) is 4.33. The van der Waals surface area contributed by atoms with Gasteiger partial charge in [-0.15, -0.1) is 12.4 Å². The highest BCUT2D eigenvalue weighted by molar-refractivity contribution is 5.85. The Bertz CT molecular complexity index is 476. The van der Waals surface area contributed by atoms with Crippen molar-refractivity contribution in [3.63, 3.8) is 0 Å². The van der Waals surface area contributed by atoms with Crippen LogP contribution in [0.3, 0.4) is 0 Å². The fourth-order valence-electron chi connectivity index (χ4n) is 1.75. The van der Waals surface area contributed by atoms with E-state index in [0.717, 1.165) is 36.2 Å². The summed E-state index contributed by atoms with van der Waals surface area (Å²) in [5, 5.41) is 0. The Balaban J connectivity index is 0.00000128. The Labute approximate surface area is 102 Å². The summed E-state index contributed by atoms with van der Waals surface area (Å²) < 4.78 is 0. The first-order valence-corrected chi connectivity index (χ1v) is 5.37. The molecule has 1 aromatic heterocycles. The van der Waals surface area contributed by atoms with Crippen molar-refractivity contribution in [1.82, 2.24) is 9.97 Å². The summed E-state index contributed by atoms with van der Waals surface area (Å²) in [6, 6.07) is 4.22. The van der Waals surface area contributed by atoms with E-state index in [0.29, 0.717) is 0 Å². The zero-order valence-electron chi connectivity index (χ0n) is 9.71. The molecule has 3 N–H and O–H groups in total. The maximum absolute atomic E-state index is 5.48. The van der Waals surface area contributed by atoms with Crippen LogP contribution in [0, 0.1) is 13.8 Å². The molecule has 1 heterocycles. The SMILES string of the molecule is Cc1ccc2[nH]c(CCCN)nc2c1C.Cl. The van der Waals surface area contributed by atoms with Gasteiger partial charge in [-0.2, -0.15) is 0 Å². The largest absolute Gasteiger partial charge is 0.342 e. The van der Waals surface area contributed by atoms with Gasteiger partial charge in [-0.3, -0.25) is 0 Å². The van der Waals surface area contributed by atoms with Crippen molar-refractivity contribution in [3.05, 3.63) is 29.1 Å². The summed E-state index contributed by atoms with van der Waals surface area (Å²) in [5.74, 6) is 1.05. The number of nitrogens with one attached hydrogen (secondary N) is 1. The topological polar surface area (TPSA) is 54.7 Å².